The standard InChI is InChI=1S/C13H12N2/c14-12-8-6-11(7-9-12)13(15)10-4-2-1-3-5-10/h1-9,15H,14H2. The molecule has 2 aromatic carbocycles. The molecule has 0 aliphatic rings. The molecule has 0 saturated carbocycles. The maximum Gasteiger partial charge on any atom is 0.0684 e. The quantitative estimate of drug-likeness (QED) is 0.563. The lowest BCUT2D eigenvalue weighted by Crippen LogP contribution is -2.00. The Balaban J connectivity index is 2.33. The SMILES string of the molecule is N=C(c1ccccc1)c1ccc(N)cc1. The average Bonchev–Trinajstić information content (AvgIpc) is 2.30. The molecule has 74 valence electrons. The Morgan fingerprint density at radius 1 is 0.800 bits per heavy atom. The Kier molecular flexibility index (Phi) is 2.50. The maximum absolute atomic E-state index is 8.00. The average molecular weight is 196 g/mol. The minimum absolute atomic E-state index is 0.524. The van der Waals surface area contributed by atoms with Gasteiger partial charge in [0.1, 0.15) is 0 Å². The molecule has 0 unspecified atom stereocenters. The first-order valence-corrected chi connectivity index (χ1v) is 4.77. The minimum atomic E-state index is 0.524. The molecule has 2 aromatic rings. The number of benzene rings is 2. The molecule has 0 heterocycles. The van der Waals surface area contributed by atoms with Crippen LogP contribution in [0.25, 0.3) is 0 Å². The number of anilines is 1. The molecule has 0 radical (unpaired) electrons. The first-order valence-electron chi connectivity index (χ1n) is 4.77. The highest BCUT2D eigenvalue weighted by molar-refractivity contribution is 6.10. The molecule has 0 saturated heterocycles. The summed E-state index contributed by atoms with van der Waals surface area (Å²) in [5, 5.41) is 8.00. The van der Waals surface area contributed by atoms with E-state index in [2.05, 4.69) is 0 Å². The van der Waals surface area contributed by atoms with E-state index in [0.717, 1.165) is 16.8 Å². The fourth-order valence-corrected chi connectivity index (χ4v) is 1.42. The number of rotatable bonds is 2. The summed E-state index contributed by atoms with van der Waals surface area (Å²) in [5.41, 5.74) is 8.64. The van der Waals surface area contributed by atoms with Crippen LogP contribution in [0, 0.1) is 5.41 Å². The van der Waals surface area contributed by atoms with Crippen molar-refractivity contribution in [2.75, 3.05) is 5.73 Å². The highest BCUT2D eigenvalue weighted by atomic mass is 14.5. The lowest BCUT2D eigenvalue weighted by molar-refractivity contribution is 1.46. The lowest BCUT2D eigenvalue weighted by atomic mass is 10.0. The molecule has 0 amide bonds. The van der Waals surface area contributed by atoms with Crippen LogP contribution >= 0.6 is 0 Å². The number of nitrogens with two attached hydrogens (primary N) is 1. The van der Waals surface area contributed by atoms with Crippen molar-refractivity contribution in [2.24, 2.45) is 0 Å². The fourth-order valence-electron chi connectivity index (χ4n) is 1.42. The summed E-state index contributed by atoms with van der Waals surface area (Å²) in [6.07, 6.45) is 0. The second kappa shape index (κ2) is 3.96. The Labute approximate surface area is 88.9 Å². The molecule has 2 nitrogen and oxygen atoms in total. The highest BCUT2D eigenvalue weighted by Gasteiger charge is 2.02. The van der Waals surface area contributed by atoms with Gasteiger partial charge >= 0.3 is 0 Å². The number of nitrogens with one attached hydrogen (secondary N) is 1. The first kappa shape index (κ1) is 9.46. The molecule has 0 aliphatic heterocycles. The Morgan fingerprint density at radius 3 is 1.93 bits per heavy atom. The van der Waals surface area contributed by atoms with E-state index in [1.54, 1.807) is 0 Å². The molecular formula is C13H12N2. The second-order valence-electron chi connectivity index (χ2n) is 3.36. The Morgan fingerprint density at radius 2 is 1.33 bits per heavy atom. The van der Waals surface area contributed by atoms with Crippen LogP contribution in [0.2, 0.25) is 0 Å². The van der Waals surface area contributed by atoms with Crippen molar-refractivity contribution in [3.05, 3.63) is 65.7 Å². The van der Waals surface area contributed by atoms with Gasteiger partial charge in [-0.15, -0.1) is 0 Å². The fraction of sp³-hybridized carbons (Fsp3) is 0. The Hall–Kier alpha value is -2.09. The van der Waals surface area contributed by atoms with E-state index in [0.29, 0.717) is 5.71 Å². The largest absolute Gasteiger partial charge is 0.399 e. The van der Waals surface area contributed by atoms with E-state index in [4.69, 9.17) is 11.1 Å². The van der Waals surface area contributed by atoms with E-state index >= 15 is 0 Å². The van der Waals surface area contributed by atoms with E-state index in [1.807, 2.05) is 54.6 Å². The van der Waals surface area contributed by atoms with Crippen molar-refractivity contribution in [1.82, 2.24) is 0 Å². The van der Waals surface area contributed by atoms with E-state index in [-0.39, 0.29) is 0 Å². The van der Waals surface area contributed by atoms with Crippen LogP contribution in [0.4, 0.5) is 5.69 Å². The normalized spacial score (nSPS) is 9.87. The van der Waals surface area contributed by atoms with Crippen molar-refractivity contribution in [3.63, 3.8) is 0 Å². The minimum Gasteiger partial charge on any atom is -0.399 e. The van der Waals surface area contributed by atoms with Crippen LogP contribution in [0.1, 0.15) is 11.1 Å². The monoisotopic (exact) mass is 196 g/mol. The summed E-state index contributed by atoms with van der Waals surface area (Å²) in [6, 6.07) is 17.0. The van der Waals surface area contributed by atoms with Crippen molar-refractivity contribution in [2.45, 2.75) is 0 Å². The summed E-state index contributed by atoms with van der Waals surface area (Å²) >= 11 is 0. The summed E-state index contributed by atoms with van der Waals surface area (Å²) in [5.74, 6) is 0. The van der Waals surface area contributed by atoms with Crippen molar-refractivity contribution < 1.29 is 0 Å². The number of nitrogen functional groups attached to an aromatic ring is 1. The molecule has 2 heteroatoms. The third-order valence-electron chi connectivity index (χ3n) is 2.26. The van der Waals surface area contributed by atoms with E-state index in [9.17, 15) is 0 Å². The second-order valence-corrected chi connectivity index (χ2v) is 3.36. The zero-order valence-electron chi connectivity index (χ0n) is 8.27. The smallest absolute Gasteiger partial charge is 0.0684 e. The maximum atomic E-state index is 8.00. The summed E-state index contributed by atoms with van der Waals surface area (Å²) in [6.45, 7) is 0. The van der Waals surface area contributed by atoms with Crippen LogP contribution in [0.15, 0.2) is 54.6 Å². The molecule has 0 bridgehead atoms. The van der Waals surface area contributed by atoms with Gasteiger partial charge in [0, 0.05) is 11.3 Å². The van der Waals surface area contributed by atoms with Gasteiger partial charge in [-0.05, 0) is 17.7 Å². The van der Waals surface area contributed by atoms with Gasteiger partial charge in [0.25, 0.3) is 0 Å². The van der Waals surface area contributed by atoms with Gasteiger partial charge in [-0.2, -0.15) is 0 Å². The van der Waals surface area contributed by atoms with Crippen LogP contribution < -0.4 is 5.73 Å². The van der Waals surface area contributed by atoms with Crippen molar-refractivity contribution >= 4 is 11.4 Å². The van der Waals surface area contributed by atoms with Gasteiger partial charge in [-0.1, -0.05) is 42.5 Å². The Bertz CT molecular complexity index is 458. The van der Waals surface area contributed by atoms with Crippen molar-refractivity contribution in [1.29, 1.82) is 5.41 Å². The summed E-state index contributed by atoms with van der Waals surface area (Å²) in [4.78, 5) is 0. The van der Waals surface area contributed by atoms with Gasteiger partial charge in [0.05, 0.1) is 5.71 Å². The number of hydrogen-bond acceptors (Lipinski definition) is 2. The molecule has 0 atom stereocenters. The predicted molar refractivity (Wildman–Crippen MR) is 63.2 cm³/mol. The molecule has 15 heavy (non-hydrogen) atoms. The predicted octanol–water partition coefficient (Wildman–Crippen LogP) is 2.68. The molecule has 2 rings (SSSR count). The summed E-state index contributed by atoms with van der Waals surface area (Å²) < 4.78 is 0. The van der Waals surface area contributed by atoms with Crippen LogP contribution in [-0.2, 0) is 0 Å². The van der Waals surface area contributed by atoms with Gasteiger partial charge in [0.2, 0.25) is 0 Å². The van der Waals surface area contributed by atoms with Crippen LogP contribution in [-0.4, -0.2) is 5.71 Å². The summed E-state index contributed by atoms with van der Waals surface area (Å²) in [7, 11) is 0. The van der Waals surface area contributed by atoms with Crippen LogP contribution in [0.3, 0.4) is 0 Å². The van der Waals surface area contributed by atoms with Crippen molar-refractivity contribution in [3.8, 4) is 0 Å². The van der Waals surface area contributed by atoms with Gasteiger partial charge in [-0.3, -0.25) is 5.41 Å². The van der Waals surface area contributed by atoms with Gasteiger partial charge < -0.3 is 5.73 Å². The first-order chi connectivity index (χ1) is 7.27. The zero-order chi connectivity index (χ0) is 10.7. The van der Waals surface area contributed by atoms with E-state index in [1.165, 1.54) is 0 Å². The molecule has 3 N–H and O–H groups in total. The third kappa shape index (κ3) is 2.05. The molecule has 0 fully saturated rings. The van der Waals surface area contributed by atoms with Crippen LogP contribution in [0.5, 0.6) is 0 Å². The zero-order valence-corrected chi connectivity index (χ0v) is 8.27. The van der Waals surface area contributed by atoms with Gasteiger partial charge in [0.15, 0.2) is 0 Å². The third-order valence-corrected chi connectivity index (χ3v) is 2.26. The molecule has 0 spiro atoms. The molecule has 0 aromatic heterocycles. The van der Waals surface area contributed by atoms with Gasteiger partial charge in [-0.25, -0.2) is 0 Å². The molecular weight excluding hydrogens is 184 g/mol. The highest BCUT2D eigenvalue weighted by Crippen LogP contribution is 2.11. The lowest BCUT2D eigenvalue weighted by Gasteiger charge is -2.04. The van der Waals surface area contributed by atoms with E-state index < -0.39 is 0 Å². The topological polar surface area (TPSA) is 49.9 Å². The molecule has 0 aliphatic carbocycles. The number of hydrogen-bond donors (Lipinski definition) is 2.